The molecule has 0 aliphatic carbocycles. The molecule has 2 N–H and O–H groups in total. The summed E-state index contributed by atoms with van der Waals surface area (Å²) in [6.45, 7) is 4.61. The third kappa shape index (κ3) is 4.43. The highest BCUT2D eigenvalue weighted by Gasteiger charge is 2.24. The van der Waals surface area contributed by atoms with Crippen LogP contribution in [0, 0.1) is 0 Å². The van der Waals surface area contributed by atoms with E-state index in [-0.39, 0.29) is 11.4 Å². The van der Waals surface area contributed by atoms with Gasteiger partial charge in [-0.2, -0.15) is 0 Å². The van der Waals surface area contributed by atoms with E-state index in [1.54, 1.807) is 19.2 Å². The minimum absolute atomic E-state index is 0.168. The van der Waals surface area contributed by atoms with Gasteiger partial charge in [-0.1, -0.05) is 6.92 Å². The van der Waals surface area contributed by atoms with E-state index in [1.165, 1.54) is 17.5 Å². The summed E-state index contributed by atoms with van der Waals surface area (Å²) in [6.07, 6.45) is 3.69. The van der Waals surface area contributed by atoms with Crippen LogP contribution < -0.4 is 5.32 Å². The average molecular weight is 301 g/mol. The number of sulfonamides is 1. The van der Waals surface area contributed by atoms with Crippen LogP contribution in [-0.4, -0.2) is 49.1 Å². The zero-order chi connectivity index (χ0) is 15.2. The van der Waals surface area contributed by atoms with E-state index in [2.05, 4.69) is 10.3 Å². The molecule has 0 saturated carbocycles. The molecular weight excluding hydrogens is 278 g/mol. The fourth-order valence-electron chi connectivity index (χ4n) is 1.65. The molecule has 0 aromatic carbocycles. The molecule has 114 valence electrons. The molecule has 0 bridgehead atoms. The molecule has 0 fully saturated rings. The molecule has 1 atom stereocenters. The van der Waals surface area contributed by atoms with E-state index >= 15 is 0 Å². The van der Waals surface area contributed by atoms with Crippen LogP contribution in [0.25, 0.3) is 0 Å². The summed E-state index contributed by atoms with van der Waals surface area (Å²) in [5, 5.41) is 12.4. The number of hydrogen-bond acceptors (Lipinski definition) is 5. The lowest BCUT2D eigenvalue weighted by Gasteiger charge is -2.20. The number of aliphatic hydroxyl groups excluding tert-OH is 1. The van der Waals surface area contributed by atoms with Gasteiger partial charge in [0, 0.05) is 32.5 Å². The molecular formula is C13H23N3O3S. The Kier molecular flexibility index (Phi) is 6.38. The molecule has 0 saturated heterocycles. The number of aromatic nitrogens is 1. The van der Waals surface area contributed by atoms with Crippen molar-refractivity contribution < 1.29 is 13.5 Å². The lowest BCUT2D eigenvalue weighted by atomic mass is 10.3. The van der Waals surface area contributed by atoms with Crippen LogP contribution in [0.15, 0.2) is 23.4 Å². The number of anilines is 1. The minimum Gasteiger partial charge on any atom is -0.393 e. The third-order valence-electron chi connectivity index (χ3n) is 2.90. The van der Waals surface area contributed by atoms with Crippen LogP contribution in [0.1, 0.15) is 26.7 Å². The monoisotopic (exact) mass is 301 g/mol. The average Bonchev–Trinajstić information content (AvgIpc) is 2.42. The Bertz CT molecular complexity index is 517. The Labute approximate surface area is 120 Å². The van der Waals surface area contributed by atoms with Crippen LogP contribution in [0.2, 0.25) is 0 Å². The van der Waals surface area contributed by atoms with Gasteiger partial charge in [0.05, 0.1) is 11.8 Å². The lowest BCUT2D eigenvalue weighted by molar-refractivity contribution is 0.177. The van der Waals surface area contributed by atoms with E-state index in [1.807, 2.05) is 6.92 Å². The van der Waals surface area contributed by atoms with Crippen molar-refractivity contribution in [2.24, 2.45) is 0 Å². The largest absolute Gasteiger partial charge is 0.393 e. The molecule has 1 aromatic heterocycles. The van der Waals surface area contributed by atoms with E-state index < -0.39 is 16.1 Å². The minimum atomic E-state index is -3.60. The summed E-state index contributed by atoms with van der Waals surface area (Å²) in [7, 11) is -2.09. The predicted molar refractivity (Wildman–Crippen MR) is 79.1 cm³/mol. The van der Waals surface area contributed by atoms with Crippen molar-refractivity contribution in [2.75, 3.05) is 25.5 Å². The summed E-state index contributed by atoms with van der Waals surface area (Å²) in [5.74, 6) is 0. The van der Waals surface area contributed by atoms with Gasteiger partial charge in [0.1, 0.15) is 4.90 Å². The molecule has 1 rings (SSSR count). The van der Waals surface area contributed by atoms with Gasteiger partial charge in [0.15, 0.2) is 0 Å². The Morgan fingerprint density at radius 1 is 1.50 bits per heavy atom. The van der Waals surface area contributed by atoms with Crippen molar-refractivity contribution in [3.8, 4) is 0 Å². The summed E-state index contributed by atoms with van der Waals surface area (Å²) in [5.41, 5.74) is 0.561. The second-order valence-electron chi connectivity index (χ2n) is 4.76. The smallest absolute Gasteiger partial charge is 0.246 e. The maximum absolute atomic E-state index is 12.5. The van der Waals surface area contributed by atoms with Crippen molar-refractivity contribution in [1.82, 2.24) is 9.29 Å². The van der Waals surface area contributed by atoms with E-state index in [9.17, 15) is 13.5 Å². The van der Waals surface area contributed by atoms with Crippen LogP contribution in [0.4, 0.5) is 5.69 Å². The second-order valence-corrected chi connectivity index (χ2v) is 6.78. The predicted octanol–water partition coefficient (Wildman–Crippen LogP) is 1.29. The van der Waals surface area contributed by atoms with Crippen molar-refractivity contribution in [3.05, 3.63) is 18.5 Å². The number of pyridine rings is 1. The molecule has 0 amide bonds. The van der Waals surface area contributed by atoms with Gasteiger partial charge in [-0.05, 0) is 25.8 Å². The SMILES string of the molecule is CCCNc1ccncc1S(=O)(=O)N(C)CCC(C)O. The first kappa shape index (κ1) is 16.9. The van der Waals surface area contributed by atoms with Gasteiger partial charge in [-0.15, -0.1) is 0 Å². The lowest BCUT2D eigenvalue weighted by Crippen LogP contribution is -2.30. The quantitative estimate of drug-likeness (QED) is 0.756. The molecule has 1 unspecified atom stereocenters. The summed E-state index contributed by atoms with van der Waals surface area (Å²) in [6, 6.07) is 1.66. The van der Waals surface area contributed by atoms with E-state index in [0.29, 0.717) is 18.7 Å². The zero-order valence-corrected chi connectivity index (χ0v) is 13.0. The van der Waals surface area contributed by atoms with Gasteiger partial charge >= 0.3 is 0 Å². The molecule has 0 spiro atoms. The molecule has 7 heteroatoms. The fourth-order valence-corrected chi connectivity index (χ4v) is 2.94. The van der Waals surface area contributed by atoms with Gasteiger partial charge < -0.3 is 10.4 Å². The molecule has 1 aromatic rings. The van der Waals surface area contributed by atoms with Gasteiger partial charge in [0.25, 0.3) is 0 Å². The van der Waals surface area contributed by atoms with Crippen molar-refractivity contribution in [3.63, 3.8) is 0 Å². The van der Waals surface area contributed by atoms with Crippen LogP contribution in [0.5, 0.6) is 0 Å². The highest BCUT2D eigenvalue weighted by Crippen LogP contribution is 2.22. The third-order valence-corrected chi connectivity index (χ3v) is 4.78. The summed E-state index contributed by atoms with van der Waals surface area (Å²) >= 11 is 0. The maximum atomic E-state index is 12.5. The number of hydrogen-bond donors (Lipinski definition) is 2. The second kappa shape index (κ2) is 7.56. The van der Waals surface area contributed by atoms with Gasteiger partial charge in [-0.3, -0.25) is 4.98 Å². The van der Waals surface area contributed by atoms with Crippen LogP contribution >= 0.6 is 0 Å². The Balaban J connectivity index is 2.96. The number of nitrogens with one attached hydrogen (secondary N) is 1. The molecule has 0 aliphatic rings. The standard InChI is InChI=1S/C13H23N3O3S/c1-4-7-15-12-5-8-14-10-13(12)20(18,19)16(3)9-6-11(2)17/h5,8,10-11,17H,4,6-7,9H2,1-3H3,(H,14,15). The maximum Gasteiger partial charge on any atom is 0.246 e. The first-order valence-electron chi connectivity index (χ1n) is 6.72. The van der Waals surface area contributed by atoms with Crippen molar-refractivity contribution >= 4 is 15.7 Å². The van der Waals surface area contributed by atoms with Crippen molar-refractivity contribution in [2.45, 2.75) is 37.7 Å². The normalized spacial score (nSPS) is 13.4. The first-order chi connectivity index (χ1) is 9.39. The van der Waals surface area contributed by atoms with Gasteiger partial charge in [0.2, 0.25) is 10.0 Å². The first-order valence-corrected chi connectivity index (χ1v) is 8.16. The molecule has 20 heavy (non-hydrogen) atoms. The number of rotatable bonds is 8. The van der Waals surface area contributed by atoms with Crippen molar-refractivity contribution in [1.29, 1.82) is 0 Å². The Morgan fingerprint density at radius 2 is 2.20 bits per heavy atom. The summed E-state index contributed by atoms with van der Waals surface area (Å²) in [4.78, 5) is 4.07. The van der Waals surface area contributed by atoms with E-state index in [4.69, 9.17) is 0 Å². The fraction of sp³-hybridized carbons (Fsp3) is 0.615. The Hall–Kier alpha value is -1.18. The topological polar surface area (TPSA) is 82.5 Å². The highest BCUT2D eigenvalue weighted by atomic mass is 32.2. The van der Waals surface area contributed by atoms with Crippen LogP contribution in [-0.2, 0) is 10.0 Å². The molecule has 0 aliphatic heterocycles. The van der Waals surface area contributed by atoms with Crippen LogP contribution in [0.3, 0.4) is 0 Å². The summed E-state index contributed by atoms with van der Waals surface area (Å²) < 4.78 is 26.2. The van der Waals surface area contributed by atoms with E-state index in [0.717, 1.165) is 6.42 Å². The zero-order valence-electron chi connectivity index (χ0n) is 12.2. The molecule has 1 heterocycles. The molecule has 0 radical (unpaired) electrons. The van der Waals surface area contributed by atoms with Gasteiger partial charge in [-0.25, -0.2) is 12.7 Å². The number of nitrogens with zero attached hydrogens (tertiary/aromatic N) is 2. The Morgan fingerprint density at radius 3 is 2.80 bits per heavy atom. The highest BCUT2D eigenvalue weighted by molar-refractivity contribution is 7.89. The molecule has 6 nitrogen and oxygen atoms in total. The number of aliphatic hydroxyl groups is 1.